The van der Waals surface area contributed by atoms with Crippen LogP contribution in [-0.4, -0.2) is 41.0 Å². The Hall–Kier alpha value is -1.49. The molecule has 1 atom stereocenters. The van der Waals surface area contributed by atoms with E-state index in [0.717, 1.165) is 6.07 Å². The molecule has 0 unspecified atom stereocenters. The minimum atomic E-state index is -4.16. The van der Waals surface area contributed by atoms with Crippen molar-refractivity contribution in [1.29, 1.82) is 0 Å². The molecule has 130 valence electrons. The number of rotatable bonds is 8. The molecule has 1 aromatic carbocycles. The van der Waals surface area contributed by atoms with E-state index in [1.165, 1.54) is 25.2 Å². The minimum Gasteiger partial charge on any atom is -0.480 e. The summed E-state index contributed by atoms with van der Waals surface area (Å²) in [6, 6.07) is 3.41. The van der Waals surface area contributed by atoms with Crippen LogP contribution in [0.3, 0.4) is 0 Å². The van der Waals surface area contributed by atoms with Crippen molar-refractivity contribution in [3.8, 4) is 0 Å². The van der Waals surface area contributed by atoms with Crippen LogP contribution in [0.2, 0.25) is 0 Å². The second kappa shape index (κ2) is 7.39. The van der Waals surface area contributed by atoms with Crippen molar-refractivity contribution in [3.63, 3.8) is 0 Å². The van der Waals surface area contributed by atoms with Gasteiger partial charge in [0.2, 0.25) is 20.0 Å². The van der Waals surface area contributed by atoms with Gasteiger partial charge >= 0.3 is 5.97 Å². The maximum atomic E-state index is 12.3. The van der Waals surface area contributed by atoms with Crippen molar-refractivity contribution < 1.29 is 26.7 Å². The first-order valence-electron chi connectivity index (χ1n) is 6.78. The predicted molar refractivity (Wildman–Crippen MR) is 83.9 cm³/mol. The second-order valence-corrected chi connectivity index (χ2v) is 8.92. The topological polar surface area (TPSA) is 130 Å². The van der Waals surface area contributed by atoms with Crippen molar-refractivity contribution in [2.45, 2.75) is 36.1 Å². The van der Waals surface area contributed by atoms with Crippen molar-refractivity contribution in [3.05, 3.63) is 24.3 Å². The first-order valence-corrected chi connectivity index (χ1v) is 9.75. The Morgan fingerprint density at radius 2 is 1.65 bits per heavy atom. The number of nitrogens with one attached hydrogen (secondary N) is 2. The highest BCUT2D eigenvalue weighted by Crippen LogP contribution is 2.17. The molecule has 10 heteroatoms. The molecule has 0 saturated heterocycles. The molecule has 0 fully saturated rings. The summed E-state index contributed by atoms with van der Waals surface area (Å²) in [5.41, 5.74) is 0. The number of hydrogen-bond donors (Lipinski definition) is 3. The number of hydrogen-bond acceptors (Lipinski definition) is 5. The Labute approximate surface area is 136 Å². The Morgan fingerprint density at radius 3 is 2.09 bits per heavy atom. The lowest BCUT2D eigenvalue weighted by Gasteiger charge is -2.17. The predicted octanol–water partition coefficient (Wildman–Crippen LogP) is 0.372. The maximum absolute atomic E-state index is 12.3. The standard InChI is InChI=1S/C13H20N2O6S2/c1-9(2)7-12(13(16)17)15-23(20,21)11-6-4-5-10(8-11)22(18,19)14-3/h4-6,8-9,12,14-15H,7H2,1-3H3,(H,16,17)/t12-/m0/s1. The fourth-order valence-electron chi connectivity index (χ4n) is 1.85. The first-order chi connectivity index (χ1) is 10.5. The highest BCUT2D eigenvalue weighted by atomic mass is 32.2. The molecule has 0 spiro atoms. The Bertz CT molecular complexity index is 771. The Balaban J connectivity index is 3.18. The number of sulfonamides is 2. The molecule has 23 heavy (non-hydrogen) atoms. The number of carbonyl (C=O) groups is 1. The largest absolute Gasteiger partial charge is 0.480 e. The molecule has 0 aliphatic heterocycles. The van der Waals surface area contributed by atoms with Crippen LogP contribution in [0.15, 0.2) is 34.1 Å². The van der Waals surface area contributed by atoms with Gasteiger partial charge in [0.15, 0.2) is 0 Å². The lowest BCUT2D eigenvalue weighted by Crippen LogP contribution is -2.41. The third kappa shape index (κ3) is 5.27. The van der Waals surface area contributed by atoms with Crippen LogP contribution in [0.4, 0.5) is 0 Å². The fraction of sp³-hybridized carbons (Fsp3) is 0.462. The summed E-state index contributed by atoms with van der Waals surface area (Å²) >= 11 is 0. The van der Waals surface area contributed by atoms with Crippen LogP contribution in [-0.2, 0) is 24.8 Å². The SMILES string of the molecule is CNS(=O)(=O)c1cccc(S(=O)(=O)N[C@@H](CC(C)C)C(=O)O)c1. The molecule has 0 bridgehead atoms. The average Bonchev–Trinajstić information content (AvgIpc) is 2.46. The van der Waals surface area contributed by atoms with Gasteiger partial charge in [-0.05, 0) is 37.6 Å². The van der Waals surface area contributed by atoms with Crippen LogP contribution in [0.25, 0.3) is 0 Å². The van der Waals surface area contributed by atoms with Crippen molar-refractivity contribution in [2.75, 3.05) is 7.05 Å². The summed E-state index contributed by atoms with van der Waals surface area (Å²) in [5, 5.41) is 9.12. The summed E-state index contributed by atoms with van der Waals surface area (Å²) in [7, 11) is -6.76. The quantitative estimate of drug-likeness (QED) is 0.611. The monoisotopic (exact) mass is 364 g/mol. The van der Waals surface area contributed by atoms with Gasteiger partial charge < -0.3 is 5.11 Å². The maximum Gasteiger partial charge on any atom is 0.321 e. The van der Waals surface area contributed by atoms with E-state index >= 15 is 0 Å². The Kier molecular flexibility index (Phi) is 6.28. The summed E-state index contributed by atoms with van der Waals surface area (Å²) in [6.07, 6.45) is 0.114. The zero-order valence-corrected chi connectivity index (χ0v) is 14.6. The first kappa shape index (κ1) is 19.6. The number of benzene rings is 1. The van der Waals surface area contributed by atoms with E-state index < -0.39 is 32.1 Å². The molecule has 0 aromatic heterocycles. The van der Waals surface area contributed by atoms with Gasteiger partial charge in [0.25, 0.3) is 0 Å². The zero-order valence-electron chi connectivity index (χ0n) is 13.0. The van der Waals surface area contributed by atoms with Crippen LogP contribution in [0, 0.1) is 5.92 Å². The fourth-order valence-corrected chi connectivity index (χ4v) is 3.95. The van der Waals surface area contributed by atoms with Gasteiger partial charge in [-0.1, -0.05) is 19.9 Å². The van der Waals surface area contributed by atoms with Gasteiger partial charge in [-0.2, -0.15) is 4.72 Å². The van der Waals surface area contributed by atoms with Crippen LogP contribution in [0.1, 0.15) is 20.3 Å². The molecule has 0 saturated carbocycles. The number of aliphatic carboxylic acids is 1. The highest BCUT2D eigenvalue weighted by Gasteiger charge is 2.27. The molecular formula is C13H20N2O6S2. The van der Waals surface area contributed by atoms with Gasteiger partial charge in [0.05, 0.1) is 9.79 Å². The molecular weight excluding hydrogens is 344 g/mol. The van der Waals surface area contributed by atoms with E-state index in [1.54, 1.807) is 13.8 Å². The van der Waals surface area contributed by atoms with Gasteiger partial charge in [0, 0.05) is 0 Å². The normalized spacial score (nSPS) is 13.9. The molecule has 1 aromatic rings. The molecule has 0 heterocycles. The molecule has 8 nitrogen and oxygen atoms in total. The van der Waals surface area contributed by atoms with E-state index in [9.17, 15) is 21.6 Å². The molecule has 0 radical (unpaired) electrons. The second-order valence-electron chi connectivity index (χ2n) is 5.32. The van der Waals surface area contributed by atoms with E-state index in [-0.39, 0.29) is 22.1 Å². The zero-order chi connectivity index (χ0) is 17.8. The van der Waals surface area contributed by atoms with Crippen molar-refractivity contribution in [2.24, 2.45) is 5.92 Å². The number of carboxylic acid groups (broad SMARTS) is 1. The third-order valence-corrected chi connectivity index (χ3v) is 5.88. The smallest absolute Gasteiger partial charge is 0.321 e. The molecule has 1 rings (SSSR count). The van der Waals surface area contributed by atoms with Crippen LogP contribution in [0.5, 0.6) is 0 Å². The van der Waals surface area contributed by atoms with E-state index in [4.69, 9.17) is 5.11 Å². The third-order valence-electron chi connectivity index (χ3n) is 3.00. The van der Waals surface area contributed by atoms with Crippen LogP contribution >= 0.6 is 0 Å². The van der Waals surface area contributed by atoms with Gasteiger partial charge in [0.1, 0.15) is 6.04 Å². The van der Waals surface area contributed by atoms with Gasteiger partial charge in [-0.15, -0.1) is 0 Å². The Morgan fingerprint density at radius 1 is 1.13 bits per heavy atom. The van der Waals surface area contributed by atoms with Crippen molar-refractivity contribution in [1.82, 2.24) is 9.44 Å². The lowest BCUT2D eigenvalue weighted by molar-refractivity contribution is -0.139. The molecule has 0 aliphatic rings. The van der Waals surface area contributed by atoms with E-state index in [2.05, 4.69) is 9.44 Å². The van der Waals surface area contributed by atoms with Crippen LogP contribution < -0.4 is 9.44 Å². The van der Waals surface area contributed by atoms with Crippen molar-refractivity contribution >= 4 is 26.0 Å². The molecule has 0 aliphatic carbocycles. The minimum absolute atomic E-state index is 0.0326. The average molecular weight is 364 g/mol. The lowest BCUT2D eigenvalue weighted by atomic mass is 10.1. The summed E-state index contributed by atoms with van der Waals surface area (Å²) in [4.78, 5) is 10.6. The summed E-state index contributed by atoms with van der Waals surface area (Å²) in [6.45, 7) is 3.54. The van der Waals surface area contributed by atoms with Gasteiger partial charge in [-0.25, -0.2) is 21.6 Å². The summed E-state index contributed by atoms with van der Waals surface area (Å²) < 4.78 is 52.3. The van der Waals surface area contributed by atoms with E-state index in [1.807, 2.05) is 0 Å². The molecule has 3 N–H and O–H groups in total. The molecule has 0 amide bonds. The van der Waals surface area contributed by atoms with E-state index in [0.29, 0.717) is 0 Å². The highest BCUT2D eigenvalue weighted by molar-refractivity contribution is 7.90. The number of carboxylic acids is 1. The summed E-state index contributed by atoms with van der Waals surface area (Å²) in [5.74, 6) is -1.32. The van der Waals surface area contributed by atoms with Gasteiger partial charge in [-0.3, -0.25) is 4.79 Å².